The molecule has 0 bridgehead atoms. The maximum Gasteiger partial charge on any atom is 0.338 e. The molecule has 1 aliphatic rings. The van der Waals surface area contributed by atoms with E-state index >= 15 is 0 Å². The number of esters is 1. The third-order valence-corrected chi connectivity index (χ3v) is 2.74. The Kier molecular flexibility index (Phi) is 3.59. The highest BCUT2D eigenvalue weighted by Crippen LogP contribution is 2.10. The predicted molar refractivity (Wildman–Crippen MR) is 60.7 cm³/mol. The highest BCUT2D eigenvalue weighted by molar-refractivity contribution is 5.89. The Labute approximate surface area is 103 Å². The van der Waals surface area contributed by atoms with E-state index in [-0.39, 0.29) is 6.61 Å². The van der Waals surface area contributed by atoms with Crippen molar-refractivity contribution in [1.29, 1.82) is 0 Å². The van der Waals surface area contributed by atoms with Crippen molar-refractivity contribution in [3.8, 4) is 0 Å². The number of amides is 1. The first-order valence-corrected chi connectivity index (χ1v) is 5.48. The summed E-state index contributed by atoms with van der Waals surface area (Å²) in [6, 6.07) is 7.59. The SMILES string of the molecule is O=C(OC[C@H]1NC(=O)[C@H](O)[C@@H]1O)c1ccccc1. The number of carbonyl (C=O) groups excluding carboxylic acids is 2. The summed E-state index contributed by atoms with van der Waals surface area (Å²) in [5.74, 6) is -1.21. The van der Waals surface area contributed by atoms with Gasteiger partial charge in [0, 0.05) is 0 Å². The molecule has 0 unspecified atom stereocenters. The molecule has 1 fully saturated rings. The molecule has 1 amide bonds. The average molecular weight is 251 g/mol. The molecule has 6 nitrogen and oxygen atoms in total. The lowest BCUT2D eigenvalue weighted by Gasteiger charge is -2.14. The van der Waals surface area contributed by atoms with Crippen molar-refractivity contribution in [2.45, 2.75) is 18.2 Å². The van der Waals surface area contributed by atoms with Crippen LogP contribution in [0.2, 0.25) is 0 Å². The van der Waals surface area contributed by atoms with Crippen LogP contribution in [0.4, 0.5) is 0 Å². The summed E-state index contributed by atoms with van der Waals surface area (Å²) < 4.78 is 4.95. The number of aliphatic hydroxyl groups excluding tert-OH is 2. The quantitative estimate of drug-likeness (QED) is 0.603. The van der Waals surface area contributed by atoms with E-state index in [0.29, 0.717) is 5.56 Å². The molecule has 3 N–H and O–H groups in total. The third kappa shape index (κ3) is 2.49. The van der Waals surface area contributed by atoms with Crippen LogP contribution in [0.15, 0.2) is 30.3 Å². The summed E-state index contributed by atoms with van der Waals surface area (Å²) in [4.78, 5) is 22.6. The van der Waals surface area contributed by atoms with Crippen molar-refractivity contribution in [2.75, 3.05) is 6.61 Å². The van der Waals surface area contributed by atoms with E-state index in [1.54, 1.807) is 30.3 Å². The van der Waals surface area contributed by atoms with Crippen molar-refractivity contribution < 1.29 is 24.5 Å². The lowest BCUT2D eigenvalue weighted by atomic mass is 10.1. The zero-order chi connectivity index (χ0) is 13.1. The maximum absolute atomic E-state index is 11.6. The standard InChI is InChI=1S/C12H13NO5/c14-9-8(13-11(16)10(9)15)6-18-12(17)7-4-2-1-3-5-7/h1-5,8-10,14-15H,6H2,(H,13,16)/t8-,9-,10-/m1/s1. The second-order valence-electron chi connectivity index (χ2n) is 4.01. The van der Waals surface area contributed by atoms with Gasteiger partial charge in [-0.05, 0) is 12.1 Å². The van der Waals surface area contributed by atoms with Gasteiger partial charge in [0.25, 0.3) is 5.91 Å². The van der Waals surface area contributed by atoms with Crippen LogP contribution in [0.25, 0.3) is 0 Å². The van der Waals surface area contributed by atoms with Gasteiger partial charge in [0.05, 0.1) is 11.6 Å². The second kappa shape index (κ2) is 5.16. The summed E-state index contributed by atoms with van der Waals surface area (Å²) >= 11 is 0. The Balaban J connectivity index is 1.89. The molecule has 6 heteroatoms. The first-order chi connectivity index (χ1) is 8.59. The van der Waals surface area contributed by atoms with Gasteiger partial charge >= 0.3 is 5.97 Å². The Morgan fingerprint density at radius 1 is 1.28 bits per heavy atom. The fraction of sp³-hybridized carbons (Fsp3) is 0.333. The normalized spacial score (nSPS) is 26.8. The van der Waals surface area contributed by atoms with Gasteiger partial charge in [0.1, 0.15) is 12.7 Å². The number of carbonyl (C=O) groups is 2. The van der Waals surface area contributed by atoms with E-state index in [2.05, 4.69) is 5.32 Å². The monoisotopic (exact) mass is 251 g/mol. The number of ether oxygens (including phenoxy) is 1. The van der Waals surface area contributed by atoms with Gasteiger partial charge in [-0.1, -0.05) is 18.2 Å². The van der Waals surface area contributed by atoms with Crippen molar-refractivity contribution in [2.24, 2.45) is 0 Å². The lowest BCUT2D eigenvalue weighted by Crippen LogP contribution is -2.37. The fourth-order valence-electron chi connectivity index (χ4n) is 1.69. The van der Waals surface area contributed by atoms with E-state index in [1.165, 1.54) is 0 Å². The Bertz CT molecular complexity index is 447. The topological polar surface area (TPSA) is 95.9 Å². The molecule has 0 aliphatic carbocycles. The summed E-state index contributed by atoms with van der Waals surface area (Å²) in [6.07, 6.45) is -2.73. The highest BCUT2D eigenvalue weighted by Gasteiger charge is 2.40. The van der Waals surface area contributed by atoms with Crippen LogP contribution in [0.5, 0.6) is 0 Å². The van der Waals surface area contributed by atoms with Gasteiger partial charge in [-0.3, -0.25) is 4.79 Å². The predicted octanol–water partition coefficient (Wildman–Crippen LogP) is -0.936. The number of rotatable bonds is 3. The van der Waals surface area contributed by atoms with E-state index in [1.807, 2.05) is 0 Å². The molecule has 1 aliphatic heterocycles. The number of hydrogen-bond donors (Lipinski definition) is 3. The molecular weight excluding hydrogens is 238 g/mol. The van der Waals surface area contributed by atoms with Crippen molar-refractivity contribution >= 4 is 11.9 Å². The highest BCUT2D eigenvalue weighted by atomic mass is 16.5. The molecule has 0 saturated carbocycles. The van der Waals surface area contributed by atoms with E-state index < -0.39 is 30.1 Å². The molecule has 1 saturated heterocycles. The molecule has 0 aromatic heterocycles. The van der Waals surface area contributed by atoms with Gasteiger partial charge in [-0.2, -0.15) is 0 Å². The van der Waals surface area contributed by atoms with Gasteiger partial charge in [0.2, 0.25) is 0 Å². The number of benzene rings is 1. The van der Waals surface area contributed by atoms with Gasteiger partial charge in [-0.25, -0.2) is 4.79 Å². The first-order valence-electron chi connectivity index (χ1n) is 5.48. The number of hydrogen-bond acceptors (Lipinski definition) is 5. The minimum Gasteiger partial charge on any atom is -0.460 e. The minimum atomic E-state index is -1.47. The molecule has 2 rings (SSSR count). The van der Waals surface area contributed by atoms with Crippen LogP contribution in [-0.4, -0.2) is 46.9 Å². The van der Waals surface area contributed by atoms with Crippen LogP contribution >= 0.6 is 0 Å². The largest absolute Gasteiger partial charge is 0.460 e. The third-order valence-electron chi connectivity index (χ3n) is 2.74. The van der Waals surface area contributed by atoms with Crippen LogP contribution in [0.3, 0.4) is 0 Å². The Morgan fingerprint density at radius 3 is 2.50 bits per heavy atom. The molecule has 1 aromatic carbocycles. The second-order valence-corrected chi connectivity index (χ2v) is 4.01. The van der Waals surface area contributed by atoms with E-state index in [4.69, 9.17) is 4.74 Å². The van der Waals surface area contributed by atoms with Gasteiger partial charge in [-0.15, -0.1) is 0 Å². The van der Waals surface area contributed by atoms with Crippen LogP contribution in [-0.2, 0) is 9.53 Å². The molecule has 18 heavy (non-hydrogen) atoms. The van der Waals surface area contributed by atoms with Crippen LogP contribution < -0.4 is 5.32 Å². The molecule has 1 aromatic rings. The molecule has 0 spiro atoms. The molecule has 96 valence electrons. The zero-order valence-corrected chi connectivity index (χ0v) is 9.45. The Hall–Kier alpha value is -1.92. The minimum absolute atomic E-state index is 0.183. The van der Waals surface area contributed by atoms with Crippen molar-refractivity contribution in [3.63, 3.8) is 0 Å². The zero-order valence-electron chi connectivity index (χ0n) is 9.45. The number of nitrogens with one attached hydrogen (secondary N) is 1. The lowest BCUT2D eigenvalue weighted by molar-refractivity contribution is -0.128. The molecule has 0 radical (unpaired) electrons. The molecular formula is C12H13NO5. The van der Waals surface area contributed by atoms with Crippen molar-refractivity contribution in [1.82, 2.24) is 5.32 Å². The van der Waals surface area contributed by atoms with E-state index in [0.717, 1.165) is 0 Å². The number of aliphatic hydroxyl groups is 2. The van der Waals surface area contributed by atoms with Gasteiger partial charge < -0.3 is 20.3 Å². The molecule has 1 heterocycles. The molecule has 3 atom stereocenters. The van der Waals surface area contributed by atoms with E-state index in [9.17, 15) is 19.8 Å². The summed E-state index contributed by atoms with van der Waals surface area (Å²) in [7, 11) is 0. The van der Waals surface area contributed by atoms with Gasteiger partial charge in [0.15, 0.2) is 6.10 Å². The fourth-order valence-corrected chi connectivity index (χ4v) is 1.69. The average Bonchev–Trinajstić information content (AvgIpc) is 2.64. The Morgan fingerprint density at radius 2 is 1.94 bits per heavy atom. The van der Waals surface area contributed by atoms with Crippen LogP contribution in [0.1, 0.15) is 10.4 Å². The van der Waals surface area contributed by atoms with Crippen LogP contribution in [0, 0.1) is 0 Å². The maximum atomic E-state index is 11.6. The summed E-state index contributed by atoms with van der Waals surface area (Å²) in [5.41, 5.74) is 0.386. The van der Waals surface area contributed by atoms with Crippen molar-refractivity contribution in [3.05, 3.63) is 35.9 Å². The smallest absolute Gasteiger partial charge is 0.338 e. The first kappa shape index (κ1) is 12.5. The summed E-state index contributed by atoms with van der Waals surface area (Å²) in [6.45, 7) is -0.183. The summed E-state index contributed by atoms with van der Waals surface area (Å²) in [5, 5.41) is 21.0.